The monoisotopic (exact) mass is 262 g/mol. The quantitative estimate of drug-likeness (QED) is 0.690. The zero-order valence-electron chi connectivity index (χ0n) is 9.14. The predicted octanol–water partition coefficient (Wildman–Crippen LogP) is 4.29. The Labute approximate surface area is 96.7 Å². The number of ether oxygens (including phenoxy) is 1. The van der Waals surface area contributed by atoms with Crippen molar-refractivity contribution in [2.45, 2.75) is 63.9 Å². The second kappa shape index (κ2) is 8.72. The molecule has 1 aliphatic carbocycles. The normalized spacial score (nSPS) is 22.1. The Morgan fingerprint density at radius 1 is 0.857 bits per heavy atom. The molecular formula is C12H23BrO. The summed E-state index contributed by atoms with van der Waals surface area (Å²) in [7, 11) is 0. The smallest absolute Gasteiger partial charge is 0.0575 e. The molecule has 1 nitrogen and oxygen atoms in total. The number of alkyl halides is 1. The summed E-state index contributed by atoms with van der Waals surface area (Å²) in [4.78, 5) is 0. The molecule has 0 amide bonds. The SMILES string of the molecule is BrCCOC1CCCCCCCCC1. The van der Waals surface area contributed by atoms with Gasteiger partial charge in [-0.15, -0.1) is 0 Å². The van der Waals surface area contributed by atoms with Gasteiger partial charge in [0.25, 0.3) is 0 Å². The molecule has 0 unspecified atom stereocenters. The Hall–Kier alpha value is 0.440. The summed E-state index contributed by atoms with van der Waals surface area (Å²) in [6.07, 6.45) is 13.0. The van der Waals surface area contributed by atoms with Crippen LogP contribution in [0.2, 0.25) is 0 Å². The van der Waals surface area contributed by atoms with Crippen molar-refractivity contribution in [1.29, 1.82) is 0 Å². The van der Waals surface area contributed by atoms with E-state index in [-0.39, 0.29) is 0 Å². The molecule has 0 saturated heterocycles. The lowest BCUT2D eigenvalue weighted by Gasteiger charge is -2.18. The first-order chi connectivity index (χ1) is 6.93. The third kappa shape index (κ3) is 6.02. The maximum Gasteiger partial charge on any atom is 0.0575 e. The van der Waals surface area contributed by atoms with E-state index in [9.17, 15) is 0 Å². The highest BCUT2D eigenvalue weighted by molar-refractivity contribution is 9.09. The van der Waals surface area contributed by atoms with Crippen LogP contribution < -0.4 is 0 Å². The van der Waals surface area contributed by atoms with Crippen LogP contribution in [0.3, 0.4) is 0 Å². The van der Waals surface area contributed by atoms with Crippen molar-refractivity contribution in [3.05, 3.63) is 0 Å². The van der Waals surface area contributed by atoms with Crippen LogP contribution in [-0.2, 0) is 4.74 Å². The Bertz CT molecular complexity index is 117. The van der Waals surface area contributed by atoms with Gasteiger partial charge in [0, 0.05) is 5.33 Å². The number of rotatable bonds is 3. The minimum Gasteiger partial charge on any atom is -0.377 e. The van der Waals surface area contributed by atoms with Crippen molar-refractivity contribution in [2.24, 2.45) is 0 Å². The van der Waals surface area contributed by atoms with Gasteiger partial charge in [-0.05, 0) is 12.8 Å². The molecule has 2 heteroatoms. The van der Waals surface area contributed by atoms with Crippen LogP contribution in [0.1, 0.15) is 57.8 Å². The molecule has 0 aromatic carbocycles. The van der Waals surface area contributed by atoms with Crippen molar-refractivity contribution < 1.29 is 4.74 Å². The van der Waals surface area contributed by atoms with E-state index >= 15 is 0 Å². The van der Waals surface area contributed by atoms with Gasteiger partial charge >= 0.3 is 0 Å². The van der Waals surface area contributed by atoms with Crippen LogP contribution in [0, 0.1) is 0 Å². The molecule has 14 heavy (non-hydrogen) atoms. The summed E-state index contributed by atoms with van der Waals surface area (Å²) < 4.78 is 5.82. The number of hydrogen-bond donors (Lipinski definition) is 0. The topological polar surface area (TPSA) is 9.23 Å². The molecular weight excluding hydrogens is 240 g/mol. The summed E-state index contributed by atoms with van der Waals surface area (Å²) in [5.41, 5.74) is 0. The summed E-state index contributed by atoms with van der Waals surface area (Å²) in [6.45, 7) is 0.880. The Morgan fingerprint density at radius 2 is 1.36 bits per heavy atom. The molecule has 0 spiro atoms. The molecule has 1 saturated carbocycles. The van der Waals surface area contributed by atoms with E-state index in [4.69, 9.17) is 4.74 Å². The highest BCUT2D eigenvalue weighted by atomic mass is 79.9. The lowest BCUT2D eigenvalue weighted by Crippen LogP contribution is -2.15. The zero-order valence-corrected chi connectivity index (χ0v) is 10.7. The summed E-state index contributed by atoms with van der Waals surface area (Å²) in [5, 5.41) is 0.976. The fourth-order valence-electron chi connectivity index (χ4n) is 2.15. The van der Waals surface area contributed by atoms with Crippen LogP contribution in [0.4, 0.5) is 0 Å². The van der Waals surface area contributed by atoms with Crippen LogP contribution >= 0.6 is 15.9 Å². The van der Waals surface area contributed by atoms with Gasteiger partial charge in [-0.2, -0.15) is 0 Å². The maximum atomic E-state index is 5.82. The first kappa shape index (κ1) is 12.5. The van der Waals surface area contributed by atoms with Crippen LogP contribution in [0.5, 0.6) is 0 Å². The fraction of sp³-hybridized carbons (Fsp3) is 1.00. The molecule has 0 aromatic heterocycles. The average molecular weight is 263 g/mol. The Kier molecular flexibility index (Phi) is 7.80. The van der Waals surface area contributed by atoms with Gasteiger partial charge in [0.05, 0.1) is 12.7 Å². The average Bonchev–Trinajstić information content (AvgIpc) is 2.23. The lowest BCUT2D eigenvalue weighted by atomic mass is 9.99. The largest absolute Gasteiger partial charge is 0.377 e. The van der Waals surface area contributed by atoms with E-state index in [1.807, 2.05) is 0 Å². The van der Waals surface area contributed by atoms with Gasteiger partial charge in [0.1, 0.15) is 0 Å². The molecule has 0 N–H and O–H groups in total. The summed E-state index contributed by atoms with van der Waals surface area (Å²) in [5.74, 6) is 0. The second-order valence-electron chi connectivity index (χ2n) is 4.23. The molecule has 0 heterocycles. The van der Waals surface area contributed by atoms with Gasteiger partial charge in [-0.3, -0.25) is 0 Å². The Morgan fingerprint density at radius 3 is 1.86 bits per heavy atom. The molecule has 1 fully saturated rings. The summed E-state index contributed by atoms with van der Waals surface area (Å²) in [6, 6.07) is 0. The van der Waals surface area contributed by atoms with Crippen molar-refractivity contribution in [3.63, 3.8) is 0 Å². The van der Waals surface area contributed by atoms with E-state index in [0.717, 1.165) is 11.9 Å². The van der Waals surface area contributed by atoms with Crippen LogP contribution in [0.15, 0.2) is 0 Å². The molecule has 0 bridgehead atoms. The number of halogens is 1. The van der Waals surface area contributed by atoms with Gasteiger partial charge in [0.2, 0.25) is 0 Å². The minimum absolute atomic E-state index is 0.547. The third-order valence-corrected chi connectivity index (χ3v) is 3.31. The standard InChI is InChI=1S/C12H23BrO/c13-10-11-14-12-8-6-4-2-1-3-5-7-9-12/h12H,1-11H2. The lowest BCUT2D eigenvalue weighted by molar-refractivity contribution is 0.0484. The Balaban J connectivity index is 2.16. The molecule has 0 aliphatic heterocycles. The zero-order chi connectivity index (χ0) is 10.1. The highest BCUT2D eigenvalue weighted by Gasteiger charge is 2.09. The third-order valence-electron chi connectivity index (χ3n) is 2.98. The maximum absolute atomic E-state index is 5.82. The van der Waals surface area contributed by atoms with Crippen LogP contribution in [0.25, 0.3) is 0 Å². The molecule has 0 radical (unpaired) electrons. The predicted molar refractivity (Wildman–Crippen MR) is 65.1 cm³/mol. The van der Waals surface area contributed by atoms with E-state index in [2.05, 4.69) is 15.9 Å². The van der Waals surface area contributed by atoms with Crippen molar-refractivity contribution in [2.75, 3.05) is 11.9 Å². The minimum atomic E-state index is 0.547. The summed E-state index contributed by atoms with van der Waals surface area (Å²) >= 11 is 3.41. The first-order valence-corrected chi connectivity index (χ1v) is 7.23. The van der Waals surface area contributed by atoms with E-state index in [0.29, 0.717) is 6.10 Å². The van der Waals surface area contributed by atoms with Gasteiger partial charge in [0.15, 0.2) is 0 Å². The van der Waals surface area contributed by atoms with Crippen molar-refractivity contribution >= 4 is 15.9 Å². The van der Waals surface area contributed by atoms with E-state index in [1.54, 1.807) is 0 Å². The van der Waals surface area contributed by atoms with Crippen molar-refractivity contribution in [1.82, 2.24) is 0 Å². The molecule has 1 aliphatic rings. The van der Waals surface area contributed by atoms with E-state index in [1.165, 1.54) is 57.8 Å². The van der Waals surface area contributed by atoms with Gasteiger partial charge in [-0.1, -0.05) is 60.9 Å². The molecule has 1 rings (SSSR count). The van der Waals surface area contributed by atoms with Gasteiger partial charge < -0.3 is 4.74 Å². The van der Waals surface area contributed by atoms with Crippen LogP contribution in [-0.4, -0.2) is 18.0 Å². The van der Waals surface area contributed by atoms with Crippen molar-refractivity contribution in [3.8, 4) is 0 Å². The van der Waals surface area contributed by atoms with E-state index < -0.39 is 0 Å². The molecule has 84 valence electrons. The second-order valence-corrected chi connectivity index (χ2v) is 5.03. The number of hydrogen-bond acceptors (Lipinski definition) is 1. The highest BCUT2D eigenvalue weighted by Crippen LogP contribution is 2.18. The fourth-order valence-corrected chi connectivity index (χ4v) is 2.34. The molecule has 0 aromatic rings. The van der Waals surface area contributed by atoms with Gasteiger partial charge in [-0.25, -0.2) is 0 Å². The molecule has 0 atom stereocenters. The first-order valence-electron chi connectivity index (χ1n) is 6.11.